The topological polar surface area (TPSA) is 60.6 Å². The molecule has 0 aromatic carbocycles. The number of anilines is 2. The van der Waals surface area contributed by atoms with Gasteiger partial charge < -0.3 is 20.1 Å². The third kappa shape index (κ3) is 3.04. The van der Waals surface area contributed by atoms with Crippen LogP contribution in [0.4, 0.5) is 11.5 Å². The third-order valence-corrected chi connectivity index (χ3v) is 2.97. The van der Waals surface area contributed by atoms with Gasteiger partial charge in [-0.15, -0.1) is 0 Å². The normalized spacial score (nSPS) is 14.6. The van der Waals surface area contributed by atoms with Crippen LogP contribution < -0.4 is 15.4 Å². The first-order valence-electron chi connectivity index (χ1n) is 6.41. The lowest BCUT2D eigenvalue weighted by Gasteiger charge is -2.23. The van der Waals surface area contributed by atoms with Gasteiger partial charge in [-0.25, -0.2) is 0 Å². The van der Waals surface area contributed by atoms with Gasteiger partial charge in [-0.3, -0.25) is 0 Å². The summed E-state index contributed by atoms with van der Waals surface area (Å²) in [7, 11) is 1.72. The fraction of sp³-hybridized carbons (Fsp3) is 0.615. The molecule has 1 aliphatic carbocycles. The number of ether oxygens (including phenoxy) is 2. The van der Waals surface area contributed by atoms with E-state index in [4.69, 9.17) is 15.2 Å². The van der Waals surface area contributed by atoms with Crippen molar-refractivity contribution in [2.24, 2.45) is 0 Å². The first kappa shape index (κ1) is 13.0. The van der Waals surface area contributed by atoms with Gasteiger partial charge in [0.25, 0.3) is 0 Å². The molecular formula is C13H21N3O2. The van der Waals surface area contributed by atoms with Crippen LogP contribution in [0.25, 0.3) is 0 Å². The minimum atomic E-state index is 0.526. The maximum Gasteiger partial charge on any atom is 0.239 e. The molecule has 0 radical (unpaired) electrons. The van der Waals surface area contributed by atoms with Crippen LogP contribution in [-0.2, 0) is 4.74 Å². The number of nitrogen functional groups attached to an aromatic ring is 1. The van der Waals surface area contributed by atoms with Gasteiger partial charge in [0.15, 0.2) is 0 Å². The Morgan fingerprint density at radius 2 is 2.22 bits per heavy atom. The number of pyridine rings is 1. The number of rotatable bonds is 7. The minimum Gasteiger partial charge on any atom is -0.476 e. The Hall–Kier alpha value is -1.49. The minimum absolute atomic E-state index is 0.526. The van der Waals surface area contributed by atoms with Crippen LogP contribution in [0.5, 0.6) is 5.88 Å². The van der Waals surface area contributed by atoms with Crippen LogP contribution in [-0.4, -0.2) is 37.9 Å². The van der Waals surface area contributed by atoms with E-state index in [-0.39, 0.29) is 0 Å². The molecule has 100 valence electrons. The summed E-state index contributed by atoms with van der Waals surface area (Å²) in [4.78, 5) is 6.77. The molecule has 0 atom stereocenters. The highest BCUT2D eigenvalue weighted by atomic mass is 16.5. The van der Waals surface area contributed by atoms with Gasteiger partial charge >= 0.3 is 0 Å². The van der Waals surface area contributed by atoms with Crippen LogP contribution >= 0.6 is 0 Å². The molecule has 0 amide bonds. The number of aromatic nitrogens is 1. The zero-order valence-corrected chi connectivity index (χ0v) is 11.1. The molecule has 2 rings (SSSR count). The van der Waals surface area contributed by atoms with E-state index in [0.717, 1.165) is 12.4 Å². The second-order valence-electron chi connectivity index (χ2n) is 4.41. The molecule has 1 heterocycles. The van der Waals surface area contributed by atoms with Crippen molar-refractivity contribution in [3.63, 3.8) is 0 Å². The van der Waals surface area contributed by atoms with Gasteiger partial charge in [-0.2, -0.15) is 4.98 Å². The van der Waals surface area contributed by atoms with E-state index < -0.39 is 0 Å². The molecule has 5 heteroatoms. The molecule has 2 N–H and O–H groups in total. The van der Waals surface area contributed by atoms with Gasteiger partial charge in [0, 0.05) is 19.7 Å². The van der Waals surface area contributed by atoms with E-state index in [1.807, 2.05) is 19.1 Å². The standard InChI is InChI=1S/C13H21N3O2/c1-3-18-13-11(14)6-7-12(15-13)16(8-9-17-2)10-4-5-10/h6-7,10H,3-5,8-9,14H2,1-2H3. The number of hydrogen-bond donors (Lipinski definition) is 1. The van der Waals surface area contributed by atoms with E-state index >= 15 is 0 Å². The highest BCUT2D eigenvalue weighted by molar-refractivity contribution is 5.55. The predicted molar refractivity (Wildman–Crippen MR) is 72.1 cm³/mol. The monoisotopic (exact) mass is 251 g/mol. The summed E-state index contributed by atoms with van der Waals surface area (Å²) in [6, 6.07) is 4.40. The van der Waals surface area contributed by atoms with Crippen LogP contribution in [0.2, 0.25) is 0 Å². The molecule has 0 saturated heterocycles. The highest BCUT2D eigenvalue weighted by Crippen LogP contribution is 2.32. The Morgan fingerprint density at radius 3 is 2.83 bits per heavy atom. The molecule has 1 aromatic rings. The maximum absolute atomic E-state index is 5.84. The summed E-state index contributed by atoms with van der Waals surface area (Å²) >= 11 is 0. The summed E-state index contributed by atoms with van der Waals surface area (Å²) in [5.74, 6) is 1.45. The molecule has 0 unspecified atom stereocenters. The van der Waals surface area contributed by atoms with E-state index in [1.165, 1.54) is 12.8 Å². The average molecular weight is 251 g/mol. The zero-order valence-electron chi connectivity index (χ0n) is 11.1. The lowest BCUT2D eigenvalue weighted by Crippen LogP contribution is -2.30. The molecule has 1 aromatic heterocycles. The fourth-order valence-corrected chi connectivity index (χ4v) is 1.91. The zero-order chi connectivity index (χ0) is 13.0. The first-order valence-corrected chi connectivity index (χ1v) is 6.41. The summed E-state index contributed by atoms with van der Waals surface area (Å²) < 4.78 is 10.6. The predicted octanol–water partition coefficient (Wildman–Crippen LogP) is 1.68. The Kier molecular flexibility index (Phi) is 4.25. The van der Waals surface area contributed by atoms with Crippen molar-refractivity contribution in [3.05, 3.63) is 12.1 Å². The van der Waals surface area contributed by atoms with Gasteiger partial charge in [0.2, 0.25) is 5.88 Å². The molecule has 1 fully saturated rings. The van der Waals surface area contributed by atoms with Crippen molar-refractivity contribution in [2.45, 2.75) is 25.8 Å². The molecule has 0 spiro atoms. The second-order valence-corrected chi connectivity index (χ2v) is 4.41. The third-order valence-electron chi connectivity index (χ3n) is 2.97. The number of nitrogens with two attached hydrogens (primary N) is 1. The van der Waals surface area contributed by atoms with E-state index in [0.29, 0.717) is 30.8 Å². The molecule has 1 aliphatic rings. The lowest BCUT2D eigenvalue weighted by atomic mass is 10.3. The smallest absolute Gasteiger partial charge is 0.239 e. The van der Waals surface area contributed by atoms with Crippen molar-refractivity contribution in [2.75, 3.05) is 37.5 Å². The molecule has 0 bridgehead atoms. The van der Waals surface area contributed by atoms with Crippen LogP contribution in [0.3, 0.4) is 0 Å². The van der Waals surface area contributed by atoms with Crippen LogP contribution in [0, 0.1) is 0 Å². The van der Waals surface area contributed by atoms with Crippen LogP contribution in [0.1, 0.15) is 19.8 Å². The first-order chi connectivity index (χ1) is 8.76. The quantitative estimate of drug-likeness (QED) is 0.799. The Balaban J connectivity index is 2.15. The van der Waals surface area contributed by atoms with Gasteiger partial charge in [0.1, 0.15) is 5.82 Å². The highest BCUT2D eigenvalue weighted by Gasteiger charge is 2.30. The van der Waals surface area contributed by atoms with Gasteiger partial charge in [-0.05, 0) is 31.9 Å². The van der Waals surface area contributed by atoms with Gasteiger partial charge in [0.05, 0.1) is 18.9 Å². The van der Waals surface area contributed by atoms with Crippen molar-refractivity contribution in [1.82, 2.24) is 4.98 Å². The van der Waals surface area contributed by atoms with Gasteiger partial charge in [-0.1, -0.05) is 0 Å². The second kappa shape index (κ2) is 5.91. The van der Waals surface area contributed by atoms with Crippen molar-refractivity contribution in [1.29, 1.82) is 0 Å². The molecular weight excluding hydrogens is 230 g/mol. The van der Waals surface area contributed by atoms with E-state index in [2.05, 4.69) is 9.88 Å². The molecule has 5 nitrogen and oxygen atoms in total. The number of nitrogens with zero attached hydrogens (tertiary/aromatic N) is 2. The van der Waals surface area contributed by atoms with Crippen LogP contribution in [0.15, 0.2) is 12.1 Å². The fourth-order valence-electron chi connectivity index (χ4n) is 1.91. The average Bonchev–Trinajstić information content (AvgIpc) is 3.18. The Labute approximate surface area is 108 Å². The molecule has 1 saturated carbocycles. The van der Waals surface area contributed by atoms with Crippen molar-refractivity contribution in [3.8, 4) is 5.88 Å². The number of methoxy groups -OCH3 is 1. The molecule has 18 heavy (non-hydrogen) atoms. The van der Waals surface area contributed by atoms with Crippen molar-refractivity contribution >= 4 is 11.5 Å². The summed E-state index contributed by atoms with van der Waals surface area (Å²) in [6.07, 6.45) is 2.44. The maximum atomic E-state index is 5.84. The summed E-state index contributed by atoms with van der Waals surface area (Å²) in [5.41, 5.74) is 6.42. The SMILES string of the molecule is CCOc1nc(N(CCOC)C2CC2)ccc1N. The van der Waals surface area contributed by atoms with E-state index in [9.17, 15) is 0 Å². The summed E-state index contributed by atoms with van der Waals surface area (Å²) in [5, 5.41) is 0. The Bertz CT molecular complexity index is 394. The number of hydrogen-bond acceptors (Lipinski definition) is 5. The van der Waals surface area contributed by atoms with E-state index in [1.54, 1.807) is 7.11 Å². The largest absolute Gasteiger partial charge is 0.476 e. The Morgan fingerprint density at radius 1 is 1.44 bits per heavy atom. The lowest BCUT2D eigenvalue weighted by molar-refractivity contribution is 0.204. The van der Waals surface area contributed by atoms with Crippen molar-refractivity contribution < 1.29 is 9.47 Å². The summed E-state index contributed by atoms with van der Waals surface area (Å²) in [6.45, 7) is 4.05. The molecule has 0 aliphatic heterocycles.